The van der Waals surface area contributed by atoms with Crippen LogP contribution in [0.2, 0.25) is 0 Å². The molecule has 2 nitrogen and oxygen atoms in total. The fourth-order valence-corrected chi connectivity index (χ4v) is 2.09. The molecule has 0 saturated heterocycles. The highest BCUT2D eigenvalue weighted by molar-refractivity contribution is 5.65. The highest BCUT2D eigenvalue weighted by Crippen LogP contribution is 2.25. The second-order valence-corrected chi connectivity index (χ2v) is 4.71. The molecule has 0 bridgehead atoms. The summed E-state index contributed by atoms with van der Waals surface area (Å²) in [6.07, 6.45) is 1.04. The zero-order valence-corrected chi connectivity index (χ0v) is 11.9. The van der Waals surface area contributed by atoms with E-state index in [9.17, 15) is 4.39 Å². The predicted octanol–water partition coefficient (Wildman–Crippen LogP) is 4.00. The molecule has 0 unspecified atom stereocenters. The van der Waals surface area contributed by atoms with Crippen molar-refractivity contribution in [3.63, 3.8) is 0 Å². The topological polar surface area (TPSA) is 21.3 Å². The molecule has 2 aromatic rings. The monoisotopic (exact) mass is 273 g/mol. The molecule has 0 aliphatic rings. The van der Waals surface area contributed by atoms with Crippen molar-refractivity contribution in [1.29, 1.82) is 0 Å². The summed E-state index contributed by atoms with van der Waals surface area (Å²) in [5.74, 6) is 0.637. The minimum absolute atomic E-state index is 0.166. The summed E-state index contributed by atoms with van der Waals surface area (Å²) in [6, 6.07) is 13.0. The molecule has 2 aromatic carbocycles. The van der Waals surface area contributed by atoms with Gasteiger partial charge in [0.1, 0.15) is 11.6 Å². The number of halogens is 1. The van der Waals surface area contributed by atoms with Crippen LogP contribution in [0.15, 0.2) is 42.5 Å². The molecule has 0 radical (unpaired) electrons. The summed E-state index contributed by atoms with van der Waals surface area (Å²) >= 11 is 0. The summed E-state index contributed by atoms with van der Waals surface area (Å²) in [6.45, 7) is 3.54. The molecule has 0 saturated carbocycles. The summed E-state index contributed by atoms with van der Waals surface area (Å²) in [7, 11) is 1.64. The van der Waals surface area contributed by atoms with Crippen molar-refractivity contribution in [3.05, 3.63) is 53.8 Å². The fourth-order valence-electron chi connectivity index (χ4n) is 2.09. The lowest BCUT2D eigenvalue weighted by Gasteiger charge is -2.09. The Labute approximate surface area is 119 Å². The second kappa shape index (κ2) is 7.06. The smallest absolute Gasteiger partial charge is 0.127 e. The summed E-state index contributed by atoms with van der Waals surface area (Å²) < 4.78 is 19.0. The molecular weight excluding hydrogens is 253 g/mol. The Morgan fingerprint density at radius 2 is 1.90 bits per heavy atom. The van der Waals surface area contributed by atoms with Gasteiger partial charge in [0.15, 0.2) is 0 Å². The molecule has 0 fully saturated rings. The Hall–Kier alpha value is -1.87. The quantitative estimate of drug-likeness (QED) is 0.803. The Morgan fingerprint density at radius 1 is 1.10 bits per heavy atom. The first-order valence-corrected chi connectivity index (χ1v) is 6.88. The molecule has 0 aliphatic heterocycles. The Bertz CT molecular complexity index is 569. The normalized spacial score (nSPS) is 10.6. The van der Waals surface area contributed by atoms with Gasteiger partial charge in [0.25, 0.3) is 0 Å². The number of ether oxygens (including phenoxy) is 1. The molecular formula is C17H20FNO. The van der Waals surface area contributed by atoms with Gasteiger partial charge >= 0.3 is 0 Å². The van der Waals surface area contributed by atoms with E-state index in [1.807, 2.05) is 30.3 Å². The molecule has 0 amide bonds. The van der Waals surface area contributed by atoms with Crippen LogP contribution in [0.4, 0.5) is 4.39 Å². The largest absolute Gasteiger partial charge is 0.497 e. The first-order chi connectivity index (χ1) is 9.74. The van der Waals surface area contributed by atoms with Gasteiger partial charge in [0.05, 0.1) is 7.11 Å². The van der Waals surface area contributed by atoms with Gasteiger partial charge in [-0.1, -0.05) is 25.1 Å². The van der Waals surface area contributed by atoms with Crippen LogP contribution in [0.1, 0.15) is 18.9 Å². The van der Waals surface area contributed by atoms with Crippen LogP contribution in [0, 0.1) is 5.82 Å². The maximum atomic E-state index is 13.8. The number of hydrogen-bond acceptors (Lipinski definition) is 2. The maximum Gasteiger partial charge on any atom is 0.127 e. The average molecular weight is 273 g/mol. The van der Waals surface area contributed by atoms with Crippen molar-refractivity contribution >= 4 is 0 Å². The predicted molar refractivity (Wildman–Crippen MR) is 80.4 cm³/mol. The summed E-state index contributed by atoms with van der Waals surface area (Å²) in [5.41, 5.74) is 2.72. The third-order valence-electron chi connectivity index (χ3n) is 3.19. The van der Waals surface area contributed by atoms with E-state index in [-0.39, 0.29) is 5.82 Å². The van der Waals surface area contributed by atoms with Crippen molar-refractivity contribution in [2.45, 2.75) is 19.9 Å². The maximum absolute atomic E-state index is 13.8. The van der Waals surface area contributed by atoms with Crippen molar-refractivity contribution in [3.8, 4) is 16.9 Å². The van der Waals surface area contributed by atoms with Crippen LogP contribution < -0.4 is 10.1 Å². The molecule has 106 valence electrons. The van der Waals surface area contributed by atoms with E-state index >= 15 is 0 Å². The molecule has 0 heterocycles. The third kappa shape index (κ3) is 3.58. The minimum atomic E-state index is -0.166. The van der Waals surface area contributed by atoms with Crippen LogP contribution in [0.3, 0.4) is 0 Å². The van der Waals surface area contributed by atoms with Crippen LogP contribution in [0.25, 0.3) is 11.1 Å². The highest BCUT2D eigenvalue weighted by Gasteiger charge is 2.06. The summed E-state index contributed by atoms with van der Waals surface area (Å²) in [5, 5.41) is 3.23. The van der Waals surface area contributed by atoms with Gasteiger partial charge in [-0.25, -0.2) is 4.39 Å². The first-order valence-electron chi connectivity index (χ1n) is 6.88. The van der Waals surface area contributed by atoms with E-state index in [2.05, 4.69) is 12.2 Å². The molecule has 3 heteroatoms. The van der Waals surface area contributed by atoms with E-state index in [1.165, 1.54) is 6.07 Å². The van der Waals surface area contributed by atoms with Crippen molar-refractivity contribution in [1.82, 2.24) is 5.32 Å². The second-order valence-electron chi connectivity index (χ2n) is 4.71. The Morgan fingerprint density at radius 3 is 2.65 bits per heavy atom. The van der Waals surface area contributed by atoms with Gasteiger partial charge in [-0.3, -0.25) is 0 Å². The van der Waals surface area contributed by atoms with Gasteiger partial charge in [0.2, 0.25) is 0 Å². The van der Waals surface area contributed by atoms with Crippen LogP contribution in [-0.2, 0) is 6.54 Å². The third-order valence-corrected chi connectivity index (χ3v) is 3.19. The number of nitrogens with one attached hydrogen (secondary N) is 1. The van der Waals surface area contributed by atoms with Crippen molar-refractivity contribution < 1.29 is 9.13 Å². The van der Waals surface area contributed by atoms with E-state index < -0.39 is 0 Å². The lowest BCUT2D eigenvalue weighted by molar-refractivity contribution is 0.415. The van der Waals surface area contributed by atoms with E-state index in [0.29, 0.717) is 12.1 Å². The minimum Gasteiger partial charge on any atom is -0.497 e. The summed E-state index contributed by atoms with van der Waals surface area (Å²) in [4.78, 5) is 0. The standard InChI is InChI=1S/C17H20FNO/c1-3-9-19-12-15-10-14(7-8-17(15)18)13-5-4-6-16(11-13)20-2/h4-8,10-11,19H,3,9,12H2,1-2H3. The SMILES string of the molecule is CCCNCc1cc(-c2cccc(OC)c2)ccc1F. The average Bonchev–Trinajstić information content (AvgIpc) is 2.49. The van der Waals surface area contributed by atoms with E-state index in [0.717, 1.165) is 29.8 Å². The Kier molecular flexibility index (Phi) is 5.13. The van der Waals surface area contributed by atoms with Gasteiger partial charge < -0.3 is 10.1 Å². The fraction of sp³-hybridized carbons (Fsp3) is 0.294. The van der Waals surface area contributed by atoms with Gasteiger partial charge in [-0.05, 0) is 48.4 Å². The lowest BCUT2D eigenvalue weighted by Crippen LogP contribution is -2.14. The molecule has 0 aromatic heterocycles. The van der Waals surface area contributed by atoms with Gasteiger partial charge in [-0.2, -0.15) is 0 Å². The molecule has 20 heavy (non-hydrogen) atoms. The molecule has 0 spiro atoms. The Balaban J connectivity index is 2.25. The number of rotatable bonds is 6. The highest BCUT2D eigenvalue weighted by atomic mass is 19.1. The lowest BCUT2D eigenvalue weighted by atomic mass is 10.0. The molecule has 0 aliphatic carbocycles. The number of methoxy groups -OCH3 is 1. The van der Waals surface area contributed by atoms with Crippen LogP contribution in [0.5, 0.6) is 5.75 Å². The van der Waals surface area contributed by atoms with Crippen LogP contribution in [-0.4, -0.2) is 13.7 Å². The molecule has 0 atom stereocenters. The van der Waals surface area contributed by atoms with Crippen molar-refractivity contribution in [2.24, 2.45) is 0 Å². The zero-order chi connectivity index (χ0) is 14.4. The number of benzene rings is 2. The van der Waals surface area contributed by atoms with Gasteiger partial charge in [0, 0.05) is 12.1 Å². The zero-order valence-electron chi connectivity index (χ0n) is 11.9. The molecule has 1 N–H and O–H groups in total. The first kappa shape index (κ1) is 14.5. The van der Waals surface area contributed by atoms with E-state index in [4.69, 9.17) is 4.74 Å². The van der Waals surface area contributed by atoms with Gasteiger partial charge in [-0.15, -0.1) is 0 Å². The van der Waals surface area contributed by atoms with E-state index in [1.54, 1.807) is 13.2 Å². The van der Waals surface area contributed by atoms with Crippen LogP contribution >= 0.6 is 0 Å². The number of hydrogen-bond donors (Lipinski definition) is 1. The molecule has 2 rings (SSSR count). The van der Waals surface area contributed by atoms with Crippen molar-refractivity contribution in [2.75, 3.05) is 13.7 Å².